The van der Waals surface area contributed by atoms with Crippen LogP contribution < -0.4 is 10.2 Å². The average Bonchev–Trinajstić information content (AvgIpc) is 2.92. The van der Waals surface area contributed by atoms with Crippen molar-refractivity contribution < 1.29 is 9.13 Å². The summed E-state index contributed by atoms with van der Waals surface area (Å²) in [7, 11) is 0. The van der Waals surface area contributed by atoms with Crippen molar-refractivity contribution in [2.45, 2.75) is 32.8 Å². The molecule has 0 spiro atoms. The van der Waals surface area contributed by atoms with Crippen molar-refractivity contribution in [3.63, 3.8) is 0 Å². The molecule has 0 aromatic carbocycles. The Labute approximate surface area is 113 Å². The SMILES string of the molecule is CCNc1ncc(F)c(N(CC)CC2CCCO2)n1. The summed E-state index contributed by atoms with van der Waals surface area (Å²) in [4.78, 5) is 10.1. The van der Waals surface area contributed by atoms with Crippen LogP contribution in [0, 0.1) is 5.82 Å². The molecule has 0 radical (unpaired) electrons. The lowest BCUT2D eigenvalue weighted by molar-refractivity contribution is 0.115. The number of hydrogen-bond donors (Lipinski definition) is 1. The van der Waals surface area contributed by atoms with E-state index in [2.05, 4.69) is 15.3 Å². The van der Waals surface area contributed by atoms with Crippen LogP contribution in [0.15, 0.2) is 6.20 Å². The van der Waals surface area contributed by atoms with Crippen molar-refractivity contribution in [1.82, 2.24) is 9.97 Å². The fourth-order valence-electron chi connectivity index (χ4n) is 2.22. The molecular formula is C13H21FN4O. The molecule has 1 aliphatic heterocycles. The maximum absolute atomic E-state index is 13.9. The minimum absolute atomic E-state index is 0.178. The van der Waals surface area contributed by atoms with E-state index in [4.69, 9.17) is 4.74 Å². The van der Waals surface area contributed by atoms with Gasteiger partial charge in [0, 0.05) is 26.2 Å². The average molecular weight is 268 g/mol. The lowest BCUT2D eigenvalue weighted by atomic mass is 10.2. The zero-order chi connectivity index (χ0) is 13.7. The summed E-state index contributed by atoms with van der Waals surface area (Å²) in [6.07, 6.45) is 3.51. The first-order valence-corrected chi connectivity index (χ1v) is 6.87. The van der Waals surface area contributed by atoms with Gasteiger partial charge in [0.05, 0.1) is 12.3 Å². The highest BCUT2D eigenvalue weighted by Gasteiger charge is 2.21. The summed E-state index contributed by atoms with van der Waals surface area (Å²) in [6.45, 7) is 6.83. The highest BCUT2D eigenvalue weighted by molar-refractivity contribution is 5.44. The zero-order valence-corrected chi connectivity index (χ0v) is 11.5. The van der Waals surface area contributed by atoms with Crippen molar-refractivity contribution >= 4 is 11.8 Å². The predicted octanol–water partition coefficient (Wildman–Crippen LogP) is 2.05. The van der Waals surface area contributed by atoms with Gasteiger partial charge in [0.15, 0.2) is 11.6 Å². The Morgan fingerprint density at radius 2 is 2.37 bits per heavy atom. The second-order valence-electron chi connectivity index (χ2n) is 4.57. The van der Waals surface area contributed by atoms with Gasteiger partial charge in [-0.3, -0.25) is 0 Å². The highest BCUT2D eigenvalue weighted by atomic mass is 19.1. The number of nitrogens with zero attached hydrogens (tertiary/aromatic N) is 3. The van der Waals surface area contributed by atoms with Crippen molar-refractivity contribution in [2.75, 3.05) is 36.5 Å². The molecule has 2 heterocycles. The van der Waals surface area contributed by atoms with E-state index < -0.39 is 0 Å². The molecule has 5 nitrogen and oxygen atoms in total. The molecule has 1 aliphatic rings. The lowest BCUT2D eigenvalue weighted by Gasteiger charge is -2.25. The van der Waals surface area contributed by atoms with Gasteiger partial charge in [-0.25, -0.2) is 9.37 Å². The van der Waals surface area contributed by atoms with E-state index in [1.165, 1.54) is 6.20 Å². The molecule has 1 saturated heterocycles. The van der Waals surface area contributed by atoms with Crippen LogP contribution in [-0.2, 0) is 4.74 Å². The number of nitrogens with one attached hydrogen (secondary N) is 1. The molecule has 106 valence electrons. The van der Waals surface area contributed by atoms with Crippen molar-refractivity contribution in [1.29, 1.82) is 0 Å². The molecule has 1 aromatic heterocycles. The number of hydrogen-bond acceptors (Lipinski definition) is 5. The van der Waals surface area contributed by atoms with E-state index in [9.17, 15) is 4.39 Å². The van der Waals surface area contributed by atoms with E-state index >= 15 is 0 Å². The van der Waals surface area contributed by atoms with Crippen LogP contribution in [0.5, 0.6) is 0 Å². The molecule has 1 N–H and O–H groups in total. The van der Waals surface area contributed by atoms with Gasteiger partial charge in [-0.2, -0.15) is 4.98 Å². The Balaban J connectivity index is 2.13. The van der Waals surface area contributed by atoms with Gasteiger partial charge in [0.2, 0.25) is 5.95 Å². The van der Waals surface area contributed by atoms with Gasteiger partial charge in [-0.1, -0.05) is 0 Å². The Hall–Kier alpha value is -1.43. The first kappa shape index (κ1) is 14.0. The maximum Gasteiger partial charge on any atom is 0.224 e. The number of aromatic nitrogens is 2. The Kier molecular flexibility index (Phi) is 4.90. The molecule has 0 aliphatic carbocycles. The smallest absolute Gasteiger partial charge is 0.224 e. The number of likely N-dealkylation sites (N-methyl/N-ethyl adjacent to an activating group) is 1. The van der Waals surface area contributed by atoms with Crippen molar-refractivity contribution in [3.05, 3.63) is 12.0 Å². The Bertz CT molecular complexity index is 410. The summed E-state index contributed by atoms with van der Waals surface area (Å²) in [5.74, 6) is 0.426. The standard InChI is InChI=1S/C13H21FN4O/c1-3-15-13-16-8-11(14)12(17-13)18(4-2)9-10-6-5-7-19-10/h8,10H,3-7,9H2,1-2H3,(H,15,16,17). The summed E-state index contributed by atoms with van der Waals surface area (Å²) in [5, 5.41) is 3.00. The van der Waals surface area contributed by atoms with Crippen molar-refractivity contribution in [3.8, 4) is 0 Å². The molecule has 1 atom stereocenters. The van der Waals surface area contributed by atoms with Crippen LogP contribution in [0.1, 0.15) is 26.7 Å². The van der Waals surface area contributed by atoms with Crippen LogP contribution >= 0.6 is 0 Å². The van der Waals surface area contributed by atoms with Crippen LogP contribution in [0.25, 0.3) is 0 Å². The first-order valence-electron chi connectivity index (χ1n) is 6.87. The molecule has 2 rings (SSSR count). The molecule has 1 unspecified atom stereocenters. The molecule has 1 fully saturated rings. The number of halogens is 1. The number of rotatable bonds is 6. The molecule has 1 aromatic rings. The Morgan fingerprint density at radius 3 is 3.00 bits per heavy atom. The van der Waals surface area contributed by atoms with Gasteiger partial charge < -0.3 is 15.0 Å². The van der Waals surface area contributed by atoms with Crippen LogP contribution in [0.2, 0.25) is 0 Å². The molecule has 6 heteroatoms. The van der Waals surface area contributed by atoms with Gasteiger partial charge in [-0.15, -0.1) is 0 Å². The number of anilines is 2. The normalized spacial score (nSPS) is 18.6. The van der Waals surface area contributed by atoms with Gasteiger partial charge in [0.25, 0.3) is 0 Å². The molecular weight excluding hydrogens is 247 g/mol. The summed E-state index contributed by atoms with van der Waals surface area (Å²) in [6, 6.07) is 0. The van der Waals surface area contributed by atoms with E-state index in [0.29, 0.717) is 31.4 Å². The fourth-order valence-corrected chi connectivity index (χ4v) is 2.22. The third-order valence-corrected chi connectivity index (χ3v) is 3.19. The van der Waals surface area contributed by atoms with E-state index in [1.54, 1.807) is 0 Å². The fraction of sp³-hybridized carbons (Fsp3) is 0.692. The second kappa shape index (κ2) is 6.65. The summed E-state index contributed by atoms with van der Waals surface area (Å²) < 4.78 is 19.5. The van der Waals surface area contributed by atoms with Gasteiger partial charge >= 0.3 is 0 Å². The highest BCUT2D eigenvalue weighted by Crippen LogP contribution is 2.20. The summed E-state index contributed by atoms with van der Waals surface area (Å²) in [5.41, 5.74) is 0. The lowest BCUT2D eigenvalue weighted by Crippen LogP contribution is -2.33. The van der Waals surface area contributed by atoms with E-state index in [-0.39, 0.29) is 11.9 Å². The maximum atomic E-state index is 13.9. The monoisotopic (exact) mass is 268 g/mol. The largest absolute Gasteiger partial charge is 0.376 e. The Morgan fingerprint density at radius 1 is 1.53 bits per heavy atom. The quantitative estimate of drug-likeness (QED) is 0.855. The zero-order valence-electron chi connectivity index (χ0n) is 11.5. The van der Waals surface area contributed by atoms with Crippen LogP contribution in [-0.4, -0.2) is 42.3 Å². The van der Waals surface area contributed by atoms with Gasteiger partial charge in [0.1, 0.15) is 0 Å². The van der Waals surface area contributed by atoms with E-state index in [0.717, 1.165) is 19.4 Å². The molecule has 0 saturated carbocycles. The topological polar surface area (TPSA) is 50.3 Å². The van der Waals surface area contributed by atoms with Crippen molar-refractivity contribution in [2.24, 2.45) is 0 Å². The van der Waals surface area contributed by atoms with Gasteiger partial charge in [-0.05, 0) is 26.7 Å². The minimum Gasteiger partial charge on any atom is -0.376 e. The number of ether oxygens (including phenoxy) is 1. The molecule has 0 amide bonds. The third-order valence-electron chi connectivity index (χ3n) is 3.19. The molecule has 19 heavy (non-hydrogen) atoms. The van der Waals surface area contributed by atoms with Crippen LogP contribution in [0.3, 0.4) is 0 Å². The third kappa shape index (κ3) is 3.53. The van der Waals surface area contributed by atoms with Crippen LogP contribution in [0.4, 0.5) is 16.2 Å². The second-order valence-corrected chi connectivity index (χ2v) is 4.57. The summed E-state index contributed by atoms with van der Waals surface area (Å²) >= 11 is 0. The predicted molar refractivity (Wildman–Crippen MR) is 73.0 cm³/mol. The first-order chi connectivity index (χ1) is 9.24. The minimum atomic E-state index is -0.387. The van der Waals surface area contributed by atoms with E-state index in [1.807, 2.05) is 18.7 Å². The molecule has 0 bridgehead atoms.